The van der Waals surface area contributed by atoms with E-state index in [1.54, 1.807) is 37.5 Å². The Bertz CT molecular complexity index is 718. The molecule has 1 fully saturated rings. The number of anilines is 1. The number of ether oxygens (including phenoxy) is 2. The molecule has 0 N–H and O–H groups in total. The van der Waals surface area contributed by atoms with Crippen LogP contribution in [-0.4, -0.2) is 54.8 Å². The lowest BCUT2D eigenvalue weighted by molar-refractivity contribution is 0.0158. The van der Waals surface area contributed by atoms with Gasteiger partial charge in [-0.05, 0) is 46.8 Å². The van der Waals surface area contributed by atoms with Gasteiger partial charge in [-0.25, -0.2) is 18.4 Å². The first-order valence-electron chi connectivity index (χ1n) is 8.94. The molecule has 2 rings (SSSR count). The van der Waals surface area contributed by atoms with E-state index in [0.717, 1.165) is 0 Å². The molecule has 0 bridgehead atoms. The Morgan fingerprint density at radius 2 is 1.85 bits per heavy atom. The smallest absolute Gasteiger partial charge is 0.410 e. The summed E-state index contributed by atoms with van der Waals surface area (Å²) in [7, 11) is 0. The number of rotatable bonds is 3. The summed E-state index contributed by atoms with van der Waals surface area (Å²) < 4.78 is 38.9. The average Bonchev–Trinajstić information content (AvgIpc) is 2.55. The summed E-state index contributed by atoms with van der Waals surface area (Å²) in [5.74, 6) is -3.23. The van der Waals surface area contributed by atoms with E-state index in [0.29, 0.717) is 19.6 Å². The van der Waals surface area contributed by atoms with Crippen molar-refractivity contribution >= 4 is 17.7 Å². The third-order valence-electron chi connectivity index (χ3n) is 4.15. The van der Waals surface area contributed by atoms with Crippen LogP contribution in [0.2, 0.25) is 0 Å². The molecule has 1 saturated heterocycles. The molecule has 0 radical (unpaired) electrons. The van der Waals surface area contributed by atoms with E-state index < -0.39 is 34.9 Å². The number of benzene rings is 1. The predicted octanol–water partition coefficient (Wildman–Crippen LogP) is 3.59. The maximum atomic E-state index is 14.5. The number of halogens is 2. The summed E-state index contributed by atoms with van der Waals surface area (Å²) in [5.41, 5.74) is -0.985. The Kier molecular flexibility index (Phi) is 6.28. The molecule has 1 amide bonds. The monoisotopic (exact) mass is 384 g/mol. The summed E-state index contributed by atoms with van der Waals surface area (Å²) in [6, 6.07) is 2.33. The molecule has 1 unspecified atom stereocenters. The van der Waals surface area contributed by atoms with Crippen LogP contribution >= 0.6 is 0 Å². The zero-order valence-corrected chi connectivity index (χ0v) is 16.3. The van der Waals surface area contributed by atoms with Gasteiger partial charge >= 0.3 is 12.1 Å². The summed E-state index contributed by atoms with van der Waals surface area (Å²) in [4.78, 5) is 27.2. The molecule has 0 saturated carbocycles. The molecule has 1 atom stereocenters. The Labute approximate surface area is 158 Å². The van der Waals surface area contributed by atoms with Gasteiger partial charge in [0.2, 0.25) is 0 Å². The lowest BCUT2D eigenvalue weighted by Gasteiger charge is -2.41. The molecular formula is C19H26F2N2O4. The Balaban J connectivity index is 2.14. The van der Waals surface area contributed by atoms with E-state index >= 15 is 0 Å². The van der Waals surface area contributed by atoms with Gasteiger partial charge in [0, 0.05) is 25.7 Å². The molecule has 0 aromatic heterocycles. The molecule has 1 heterocycles. The van der Waals surface area contributed by atoms with E-state index in [2.05, 4.69) is 0 Å². The van der Waals surface area contributed by atoms with Crippen molar-refractivity contribution in [2.24, 2.45) is 0 Å². The Hall–Kier alpha value is -2.38. The first kappa shape index (κ1) is 20.9. The number of hydrogen-bond donors (Lipinski definition) is 0. The molecule has 8 heteroatoms. The van der Waals surface area contributed by atoms with Gasteiger partial charge in [-0.15, -0.1) is 0 Å². The highest BCUT2D eigenvalue weighted by Gasteiger charge is 2.32. The number of hydrogen-bond acceptors (Lipinski definition) is 5. The van der Waals surface area contributed by atoms with Crippen molar-refractivity contribution in [1.29, 1.82) is 0 Å². The molecule has 1 aromatic carbocycles. The molecule has 1 aliphatic heterocycles. The van der Waals surface area contributed by atoms with Crippen LogP contribution in [0.15, 0.2) is 12.1 Å². The van der Waals surface area contributed by atoms with Gasteiger partial charge in [0.25, 0.3) is 0 Å². The fourth-order valence-electron chi connectivity index (χ4n) is 2.92. The lowest BCUT2D eigenvalue weighted by Crippen LogP contribution is -2.55. The van der Waals surface area contributed by atoms with Crippen LogP contribution in [0.25, 0.3) is 0 Å². The number of esters is 1. The minimum atomic E-state index is -1.23. The van der Waals surface area contributed by atoms with E-state index in [1.165, 1.54) is 12.1 Å². The topological polar surface area (TPSA) is 59.1 Å². The third kappa shape index (κ3) is 4.87. The Morgan fingerprint density at radius 3 is 2.41 bits per heavy atom. The second-order valence-corrected chi connectivity index (χ2v) is 7.45. The fourth-order valence-corrected chi connectivity index (χ4v) is 2.92. The van der Waals surface area contributed by atoms with E-state index in [-0.39, 0.29) is 18.3 Å². The van der Waals surface area contributed by atoms with Crippen molar-refractivity contribution in [3.8, 4) is 0 Å². The fraction of sp³-hybridized carbons (Fsp3) is 0.579. The molecule has 0 aliphatic carbocycles. The maximum absolute atomic E-state index is 14.5. The van der Waals surface area contributed by atoms with Crippen LogP contribution in [0, 0.1) is 11.6 Å². The van der Waals surface area contributed by atoms with Crippen molar-refractivity contribution in [3.63, 3.8) is 0 Å². The molecule has 150 valence electrons. The zero-order chi connectivity index (χ0) is 20.4. The molecule has 27 heavy (non-hydrogen) atoms. The molecule has 1 aliphatic rings. The van der Waals surface area contributed by atoms with Crippen molar-refractivity contribution in [2.45, 2.75) is 46.3 Å². The van der Waals surface area contributed by atoms with Crippen molar-refractivity contribution in [1.82, 2.24) is 4.90 Å². The van der Waals surface area contributed by atoms with Crippen molar-refractivity contribution < 1.29 is 27.8 Å². The molecule has 0 spiro atoms. The van der Waals surface area contributed by atoms with E-state index in [1.807, 2.05) is 6.92 Å². The van der Waals surface area contributed by atoms with Gasteiger partial charge in [-0.3, -0.25) is 0 Å². The highest BCUT2D eigenvalue weighted by Crippen LogP contribution is 2.27. The first-order valence-corrected chi connectivity index (χ1v) is 8.94. The van der Waals surface area contributed by atoms with Gasteiger partial charge in [-0.1, -0.05) is 0 Å². The first-order chi connectivity index (χ1) is 12.5. The quantitative estimate of drug-likeness (QED) is 0.746. The second-order valence-electron chi connectivity index (χ2n) is 7.45. The van der Waals surface area contributed by atoms with Gasteiger partial charge in [0.15, 0.2) is 11.6 Å². The summed E-state index contributed by atoms with van der Waals surface area (Å²) in [6.07, 6.45) is -0.432. The average molecular weight is 384 g/mol. The highest BCUT2D eigenvalue weighted by atomic mass is 19.2. The van der Waals surface area contributed by atoms with E-state index in [4.69, 9.17) is 9.47 Å². The molecule has 6 nitrogen and oxygen atoms in total. The highest BCUT2D eigenvalue weighted by molar-refractivity contribution is 5.90. The normalized spacial score (nSPS) is 17.7. The number of amides is 1. The zero-order valence-electron chi connectivity index (χ0n) is 16.3. The SMILES string of the molecule is CCOC(=O)c1ccc(N2CCN(C(=O)OC(C)(C)C)C(C)C2)c(F)c1F. The van der Waals surface area contributed by atoms with Crippen LogP contribution in [-0.2, 0) is 9.47 Å². The van der Waals surface area contributed by atoms with Crippen LogP contribution < -0.4 is 4.90 Å². The molecule has 1 aromatic rings. The standard InChI is InChI=1S/C19H26F2N2O4/c1-6-26-17(24)13-7-8-14(16(21)15(13)20)22-9-10-23(12(2)11-22)18(25)27-19(3,4)5/h7-8,12H,6,9-11H2,1-5H3. The number of carbonyl (C=O) groups excluding carboxylic acids is 2. The number of nitrogens with zero attached hydrogens (tertiary/aromatic N) is 2. The van der Waals surface area contributed by atoms with E-state index in [9.17, 15) is 18.4 Å². The van der Waals surface area contributed by atoms with Gasteiger partial charge in [0.05, 0.1) is 17.9 Å². The second kappa shape index (κ2) is 8.10. The predicted molar refractivity (Wildman–Crippen MR) is 96.9 cm³/mol. The van der Waals surface area contributed by atoms with Gasteiger partial charge in [0.1, 0.15) is 5.60 Å². The largest absolute Gasteiger partial charge is 0.462 e. The number of piperazine rings is 1. The van der Waals surface area contributed by atoms with Crippen LogP contribution in [0.5, 0.6) is 0 Å². The lowest BCUT2D eigenvalue weighted by atomic mass is 10.1. The van der Waals surface area contributed by atoms with Crippen molar-refractivity contribution in [3.05, 3.63) is 29.3 Å². The van der Waals surface area contributed by atoms with Crippen LogP contribution in [0.1, 0.15) is 45.0 Å². The third-order valence-corrected chi connectivity index (χ3v) is 4.15. The summed E-state index contributed by atoms with van der Waals surface area (Å²) in [6.45, 7) is 9.79. The summed E-state index contributed by atoms with van der Waals surface area (Å²) >= 11 is 0. The summed E-state index contributed by atoms with van der Waals surface area (Å²) in [5, 5.41) is 0. The molecular weight excluding hydrogens is 358 g/mol. The minimum absolute atomic E-state index is 0.0521. The minimum Gasteiger partial charge on any atom is -0.462 e. The van der Waals surface area contributed by atoms with Crippen LogP contribution in [0.3, 0.4) is 0 Å². The van der Waals surface area contributed by atoms with Crippen molar-refractivity contribution in [2.75, 3.05) is 31.1 Å². The van der Waals surface area contributed by atoms with Gasteiger partial charge < -0.3 is 19.3 Å². The Morgan fingerprint density at radius 1 is 1.19 bits per heavy atom. The maximum Gasteiger partial charge on any atom is 0.410 e. The van der Waals surface area contributed by atoms with Crippen LogP contribution in [0.4, 0.5) is 19.3 Å². The van der Waals surface area contributed by atoms with Gasteiger partial charge in [-0.2, -0.15) is 0 Å². The number of carbonyl (C=O) groups is 2.